The number of hydrogen-bond acceptors (Lipinski definition) is 4. The highest BCUT2D eigenvalue weighted by atomic mass is 32.1. The molecule has 2 N–H and O–H groups in total. The number of hydrogen-bond donors (Lipinski definition) is 2. The van der Waals surface area contributed by atoms with Gasteiger partial charge in [0, 0.05) is 11.4 Å². The second-order valence-electron chi connectivity index (χ2n) is 5.17. The molecule has 0 aliphatic carbocycles. The molecule has 24 heavy (non-hydrogen) atoms. The van der Waals surface area contributed by atoms with Crippen LogP contribution in [0.2, 0.25) is 0 Å². The standard InChI is InChI=1S/C17H16FN3O2S/c1-11-15(24-16(21-11)14-3-2-8-23-14)10-20-17(22)19-9-12-4-6-13(18)7-5-12/h2-8H,9-10H2,1H3,(H2,19,20,22). The third-order valence-corrected chi connectivity index (χ3v) is 4.57. The van der Waals surface area contributed by atoms with Gasteiger partial charge in [0.25, 0.3) is 0 Å². The molecular formula is C17H16FN3O2S. The molecule has 3 aromatic rings. The number of carbonyl (C=O) groups excluding carboxylic acids is 1. The van der Waals surface area contributed by atoms with Crippen LogP contribution in [0.25, 0.3) is 10.8 Å². The predicted molar refractivity (Wildman–Crippen MR) is 90.0 cm³/mol. The highest BCUT2D eigenvalue weighted by Gasteiger charge is 2.12. The van der Waals surface area contributed by atoms with E-state index < -0.39 is 0 Å². The Morgan fingerprint density at radius 2 is 1.96 bits per heavy atom. The van der Waals surface area contributed by atoms with Crippen LogP contribution < -0.4 is 10.6 Å². The number of aromatic nitrogens is 1. The summed E-state index contributed by atoms with van der Waals surface area (Å²) < 4.78 is 18.2. The van der Waals surface area contributed by atoms with Crippen molar-refractivity contribution in [2.24, 2.45) is 0 Å². The van der Waals surface area contributed by atoms with E-state index in [-0.39, 0.29) is 11.8 Å². The van der Waals surface area contributed by atoms with Gasteiger partial charge in [-0.2, -0.15) is 0 Å². The molecule has 2 amide bonds. The van der Waals surface area contributed by atoms with Crippen LogP contribution in [0.1, 0.15) is 16.1 Å². The normalized spacial score (nSPS) is 10.6. The molecular weight excluding hydrogens is 329 g/mol. The van der Waals surface area contributed by atoms with E-state index in [0.717, 1.165) is 26.9 Å². The molecule has 0 aliphatic heterocycles. The highest BCUT2D eigenvalue weighted by Crippen LogP contribution is 2.27. The van der Waals surface area contributed by atoms with Crippen molar-refractivity contribution < 1.29 is 13.6 Å². The molecule has 5 nitrogen and oxygen atoms in total. The molecule has 0 spiro atoms. The number of rotatable bonds is 5. The Morgan fingerprint density at radius 1 is 1.21 bits per heavy atom. The summed E-state index contributed by atoms with van der Waals surface area (Å²) in [6, 6.07) is 9.39. The van der Waals surface area contributed by atoms with Crippen LogP contribution in [0.4, 0.5) is 9.18 Å². The van der Waals surface area contributed by atoms with Crippen LogP contribution >= 0.6 is 11.3 Å². The Bertz CT molecular complexity index is 813. The van der Waals surface area contributed by atoms with Gasteiger partial charge in [-0.1, -0.05) is 12.1 Å². The first-order valence-corrected chi connectivity index (χ1v) is 8.20. The second-order valence-corrected chi connectivity index (χ2v) is 6.25. The smallest absolute Gasteiger partial charge is 0.315 e. The van der Waals surface area contributed by atoms with Gasteiger partial charge in [-0.05, 0) is 36.8 Å². The summed E-state index contributed by atoms with van der Waals surface area (Å²) in [5.74, 6) is 0.423. The molecule has 2 heterocycles. The quantitative estimate of drug-likeness (QED) is 0.738. The van der Waals surface area contributed by atoms with E-state index in [1.54, 1.807) is 18.4 Å². The topological polar surface area (TPSA) is 67.2 Å². The lowest BCUT2D eigenvalue weighted by Crippen LogP contribution is -2.34. The number of carbonyl (C=O) groups is 1. The van der Waals surface area contributed by atoms with Crippen molar-refractivity contribution in [1.29, 1.82) is 0 Å². The fourth-order valence-electron chi connectivity index (χ4n) is 2.11. The van der Waals surface area contributed by atoms with Crippen molar-refractivity contribution in [2.75, 3.05) is 0 Å². The summed E-state index contributed by atoms with van der Waals surface area (Å²) in [5.41, 5.74) is 1.70. The zero-order valence-electron chi connectivity index (χ0n) is 13.0. The van der Waals surface area contributed by atoms with Crippen molar-refractivity contribution in [2.45, 2.75) is 20.0 Å². The van der Waals surface area contributed by atoms with Crippen molar-refractivity contribution in [3.05, 3.63) is 64.6 Å². The number of aryl methyl sites for hydroxylation is 1. The summed E-state index contributed by atoms with van der Waals surface area (Å²) in [6.07, 6.45) is 1.60. The van der Waals surface area contributed by atoms with E-state index in [2.05, 4.69) is 15.6 Å². The third-order valence-electron chi connectivity index (χ3n) is 3.40. The summed E-state index contributed by atoms with van der Waals surface area (Å²) >= 11 is 1.49. The van der Waals surface area contributed by atoms with Crippen LogP contribution in [0.3, 0.4) is 0 Å². The van der Waals surface area contributed by atoms with Crippen LogP contribution in [0.5, 0.6) is 0 Å². The number of nitrogens with zero attached hydrogens (tertiary/aromatic N) is 1. The second kappa shape index (κ2) is 7.27. The van der Waals surface area contributed by atoms with Crippen LogP contribution in [0.15, 0.2) is 47.1 Å². The molecule has 1 aromatic carbocycles. The minimum absolute atomic E-state index is 0.285. The largest absolute Gasteiger partial charge is 0.462 e. The molecule has 124 valence electrons. The van der Waals surface area contributed by atoms with Gasteiger partial charge in [-0.25, -0.2) is 14.2 Å². The van der Waals surface area contributed by atoms with E-state index in [1.807, 2.05) is 19.1 Å². The monoisotopic (exact) mass is 345 g/mol. The number of amides is 2. The Labute approximate surface area is 142 Å². The van der Waals surface area contributed by atoms with Gasteiger partial charge in [0.2, 0.25) is 0 Å². The number of halogens is 1. The average Bonchev–Trinajstić information content (AvgIpc) is 3.22. The SMILES string of the molecule is Cc1nc(-c2ccco2)sc1CNC(=O)NCc1ccc(F)cc1. The molecule has 0 unspecified atom stereocenters. The molecule has 0 aliphatic rings. The summed E-state index contributed by atoms with van der Waals surface area (Å²) in [6.45, 7) is 2.63. The highest BCUT2D eigenvalue weighted by molar-refractivity contribution is 7.15. The molecule has 2 aromatic heterocycles. The van der Waals surface area contributed by atoms with Gasteiger partial charge >= 0.3 is 6.03 Å². The summed E-state index contributed by atoms with van der Waals surface area (Å²) in [4.78, 5) is 17.3. The van der Waals surface area contributed by atoms with Crippen LogP contribution in [0, 0.1) is 12.7 Å². The summed E-state index contributed by atoms with van der Waals surface area (Å²) in [5, 5.41) is 6.32. The minimum Gasteiger partial charge on any atom is -0.462 e. The van der Waals surface area contributed by atoms with Gasteiger partial charge in [0.1, 0.15) is 5.82 Å². The van der Waals surface area contributed by atoms with Crippen molar-refractivity contribution >= 4 is 17.4 Å². The Kier molecular flexibility index (Phi) is 4.90. The Balaban J connectivity index is 1.52. The first-order chi connectivity index (χ1) is 11.6. The molecule has 7 heteroatoms. The van der Waals surface area contributed by atoms with E-state index in [1.165, 1.54) is 23.5 Å². The van der Waals surface area contributed by atoms with E-state index in [0.29, 0.717) is 13.1 Å². The number of nitrogens with one attached hydrogen (secondary N) is 2. The lowest BCUT2D eigenvalue weighted by molar-refractivity contribution is 0.240. The van der Waals surface area contributed by atoms with Gasteiger partial charge in [0.15, 0.2) is 10.8 Å². The summed E-state index contributed by atoms with van der Waals surface area (Å²) in [7, 11) is 0. The predicted octanol–water partition coefficient (Wildman–Crippen LogP) is 3.85. The maximum absolute atomic E-state index is 12.8. The zero-order chi connectivity index (χ0) is 16.9. The zero-order valence-corrected chi connectivity index (χ0v) is 13.8. The average molecular weight is 345 g/mol. The van der Waals surface area contributed by atoms with Crippen molar-refractivity contribution in [3.63, 3.8) is 0 Å². The molecule has 3 rings (SSSR count). The molecule has 0 fully saturated rings. The lowest BCUT2D eigenvalue weighted by atomic mass is 10.2. The number of benzene rings is 1. The van der Waals surface area contributed by atoms with Gasteiger partial charge in [-0.3, -0.25) is 0 Å². The first kappa shape index (κ1) is 16.2. The fraction of sp³-hybridized carbons (Fsp3) is 0.176. The van der Waals surface area contributed by atoms with Crippen molar-refractivity contribution in [3.8, 4) is 10.8 Å². The molecule has 0 saturated heterocycles. The maximum Gasteiger partial charge on any atom is 0.315 e. The van der Waals surface area contributed by atoms with Gasteiger partial charge in [0.05, 0.1) is 18.5 Å². The van der Waals surface area contributed by atoms with Crippen LogP contribution in [-0.2, 0) is 13.1 Å². The van der Waals surface area contributed by atoms with Gasteiger partial charge < -0.3 is 15.1 Å². The Hall–Kier alpha value is -2.67. The minimum atomic E-state index is -0.295. The van der Waals surface area contributed by atoms with Crippen molar-refractivity contribution in [1.82, 2.24) is 15.6 Å². The molecule has 0 bridgehead atoms. The van der Waals surface area contributed by atoms with E-state index in [4.69, 9.17) is 4.42 Å². The third kappa shape index (κ3) is 3.99. The Morgan fingerprint density at radius 3 is 2.67 bits per heavy atom. The molecule has 0 radical (unpaired) electrons. The van der Waals surface area contributed by atoms with Gasteiger partial charge in [-0.15, -0.1) is 11.3 Å². The molecule has 0 saturated carbocycles. The maximum atomic E-state index is 12.8. The van der Waals surface area contributed by atoms with Crippen LogP contribution in [-0.4, -0.2) is 11.0 Å². The number of urea groups is 1. The number of thiazole rings is 1. The lowest BCUT2D eigenvalue weighted by Gasteiger charge is -2.07. The van der Waals surface area contributed by atoms with E-state index in [9.17, 15) is 9.18 Å². The molecule has 0 atom stereocenters. The fourth-order valence-corrected chi connectivity index (χ4v) is 3.08. The van der Waals surface area contributed by atoms with E-state index >= 15 is 0 Å². The first-order valence-electron chi connectivity index (χ1n) is 7.38. The number of furan rings is 1.